The lowest BCUT2D eigenvalue weighted by Gasteiger charge is -2.32. The van der Waals surface area contributed by atoms with E-state index in [1.165, 1.54) is 25.7 Å². The summed E-state index contributed by atoms with van der Waals surface area (Å²) in [4.78, 5) is 0. The van der Waals surface area contributed by atoms with Gasteiger partial charge in [0, 0.05) is 36.4 Å². The number of hydrogen-bond donors (Lipinski definition) is 0. The number of fused-ring (bicyclic) bond motifs is 6. The van der Waals surface area contributed by atoms with Crippen molar-refractivity contribution in [3.63, 3.8) is 0 Å². The van der Waals surface area contributed by atoms with E-state index in [4.69, 9.17) is 13.7 Å². The molecule has 172 valence electrons. The molecule has 3 nitrogen and oxygen atoms in total. The zero-order valence-electron chi connectivity index (χ0n) is 20.2. The van der Waals surface area contributed by atoms with Crippen molar-refractivity contribution in [2.45, 2.75) is 38.9 Å². The van der Waals surface area contributed by atoms with Crippen LogP contribution >= 0.6 is 11.3 Å². The zero-order valence-corrected chi connectivity index (χ0v) is 21.0. The Hall–Kier alpha value is -3.12. The Labute approximate surface area is 208 Å². The summed E-state index contributed by atoms with van der Waals surface area (Å²) in [5.74, 6) is 0. The van der Waals surface area contributed by atoms with E-state index in [1.807, 2.05) is 17.4 Å². The minimum atomic E-state index is -0.459. The third-order valence-electron chi connectivity index (χ3n) is 7.75. The molecule has 1 aliphatic heterocycles. The number of furan rings is 1. The summed E-state index contributed by atoms with van der Waals surface area (Å²) >= 11 is 1.84. The van der Waals surface area contributed by atoms with Gasteiger partial charge in [-0.3, -0.25) is 0 Å². The molecule has 3 heterocycles. The minimum Gasteiger partial charge on any atom is -0.456 e. The van der Waals surface area contributed by atoms with E-state index in [0.29, 0.717) is 0 Å². The van der Waals surface area contributed by atoms with E-state index in [0.717, 1.165) is 33.0 Å². The average Bonchev–Trinajstić information content (AvgIpc) is 3.46. The van der Waals surface area contributed by atoms with Crippen LogP contribution in [-0.4, -0.2) is 18.3 Å². The summed E-state index contributed by atoms with van der Waals surface area (Å²) in [6.07, 6.45) is 0. The number of benzene rings is 4. The van der Waals surface area contributed by atoms with Gasteiger partial charge in [-0.15, -0.1) is 11.3 Å². The summed E-state index contributed by atoms with van der Waals surface area (Å²) in [6, 6.07) is 28.1. The molecular formula is C30H25BO3S. The molecule has 0 bridgehead atoms. The molecule has 0 amide bonds. The SMILES string of the molecule is CC1(C)OB(c2cccc3c2oc2cc(-c4ccc5c(c4)sc4ccccc45)ccc23)OC1(C)C. The smallest absolute Gasteiger partial charge is 0.456 e. The van der Waals surface area contributed by atoms with E-state index < -0.39 is 18.3 Å². The molecule has 0 unspecified atom stereocenters. The quantitative estimate of drug-likeness (QED) is 0.238. The molecule has 6 aromatic rings. The molecule has 0 atom stereocenters. The van der Waals surface area contributed by atoms with Crippen LogP contribution in [0, 0.1) is 0 Å². The molecule has 0 aliphatic carbocycles. The predicted octanol–water partition coefficient (Wildman–Crippen LogP) is 7.92. The van der Waals surface area contributed by atoms with E-state index in [2.05, 4.69) is 100 Å². The number of thiophene rings is 1. The number of para-hydroxylation sites is 1. The third kappa shape index (κ3) is 3.12. The molecule has 5 heteroatoms. The van der Waals surface area contributed by atoms with Gasteiger partial charge in [0.1, 0.15) is 11.2 Å². The predicted molar refractivity (Wildman–Crippen MR) is 148 cm³/mol. The highest BCUT2D eigenvalue weighted by molar-refractivity contribution is 7.25. The van der Waals surface area contributed by atoms with Gasteiger partial charge in [-0.05, 0) is 63.1 Å². The first-order valence-electron chi connectivity index (χ1n) is 12.0. The maximum Gasteiger partial charge on any atom is 0.498 e. The van der Waals surface area contributed by atoms with Gasteiger partial charge in [-0.25, -0.2) is 0 Å². The molecule has 7 rings (SSSR count). The van der Waals surface area contributed by atoms with Gasteiger partial charge in [0.2, 0.25) is 0 Å². The fourth-order valence-electron chi connectivity index (χ4n) is 5.06. The largest absolute Gasteiger partial charge is 0.498 e. The normalized spacial score (nSPS) is 17.3. The standard InChI is InChI=1S/C30H25BO3S/c1-29(2)30(3,4)34-31(33-29)24-10-7-9-23-20-14-12-18(16-25(20)32-28(23)24)19-13-15-22-21-8-5-6-11-26(21)35-27(22)17-19/h5-17H,1-4H3. The average molecular weight is 476 g/mol. The Kier molecular flexibility index (Phi) is 4.36. The second-order valence-corrected chi connectivity index (χ2v) is 11.5. The highest BCUT2D eigenvalue weighted by Gasteiger charge is 2.52. The summed E-state index contributed by atoms with van der Waals surface area (Å²) < 4.78 is 21.8. The fourth-order valence-corrected chi connectivity index (χ4v) is 6.21. The van der Waals surface area contributed by atoms with E-state index in [-0.39, 0.29) is 0 Å². The van der Waals surface area contributed by atoms with Crippen LogP contribution in [0.15, 0.2) is 83.3 Å². The first kappa shape index (κ1) is 21.2. The van der Waals surface area contributed by atoms with Crippen molar-refractivity contribution in [3.05, 3.63) is 78.9 Å². The Balaban J connectivity index is 1.34. The lowest BCUT2D eigenvalue weighted by atomic mass is 9.78. The highest BCUT2D eigenvalue weighted by atomic mass is 32.1. The first-order chi connectivity index (χ1) is 16.8. The summed E-state index contributed by atoms with van der Waals surface area (Å²) in [7, 11) is -0.459. The summed E-state index contributed by atoms with van der Waals surface area (Å²) in [5.41, 5.74) is 4.18. The second kappa shape index (κ2) is 7.20. The van der Waals surface area contributed by atoms with Gasteiger partial charge in [0.15, 0.2) is 0 Å². The molecule has 0 radical (unpaired) electrons. The molecule has 0 spiro atoms. The van der Waals surface area contributed by atoms with Crippen LogP contribution in [-0.2, 0) is 9.31 Å². The van der Waals surface area contributed by atoms with E-state index in [9.17, 15) is 0 Å². The summed E-state index contributed by atoms with van der Waals surface area (Å²) in [5, 5.41) is 4.82. The molecular weight excluding hydrogens is 451 g/mol. The zero-order chi connectivity index (χ0) is 23.9. The van der Waals surface area contributed by atoms with Crippen molar-refractivity contribution in [2.75, 3.05) is 0 Å². The van der Waals surface area contributed by atoms with Crippen LogP contribution < -0.4 is 5.46 Å². The highest BCUT2D eigenvalue weighted by Crippen LogP contribution is 2.39. The first-order valence-corrected chi connectivity index (χ1v) is 12.8. The fraction of sp³-hybridized carbons (Fsp3) is 0.200. The lowest BCUT2D eigenvalue weighted by Crippen LogP contribution is -2.41. The van der Waals surface area contributed by atoms with Crippen LogP contribution in [0.1, 0.15) is 27.7 Å². The molecule has 0 N–H and O–H groups in total. The molecule has 1 fully saturated rings. The third-order valence-corrected chi connectivity index (χ3v) is 8.88. The number of rotatable bonds is 2. The Morgan fingerprint density at radius 2 is 1.29 bits per heavy atom. The molecule has 2 aromatic heterocycles. The van der Waals surface area contributed by atoms with Gasteiger partial charge in [0.05, 0.1) is 11.2 Å². The molecule has 1 saturated heterocycles. The van der Waals surface area contributed by atoms with Crippen LogP contribution in [0.25, 0.3) is 53.2 Å². The van der Waals surface area contributed by atoms with Gasteiger partial charge >= 0.3 is 7.12 Å². The molecule has 4 aromatic carbocycles. The van der Waals surface area contributed by atoms with E-state index in [1.54, 1.807) is 0 Å². The van der Waals surface area contributed by atoms with Crippen LogP contribution in [0.3, 0.4) is 0 Å². The van der Waals surface area contributed by atoms with Crippen LogP contribution in [0.4, 0.5) is 0 Å². The van der Waals surface area contributed by atoms with Crippen molar-refractivity contribution >= 4 is 66.0 Å². The van der Waals surface area contributed by atoms with Gasteiger partial charge in [-0.2, -0.15) is 0 Å². The second-order valence-electron chi connectivity index (χ2n) is 10.4. The van der Waals surface area contributed by atoms with Crippen LogP contribution in [0.2, 0.25) is 0 Å². The molecule has 0 saturated carbocycles. The van der Waals surface area contributed by atoms with E-state index >= 15 is 0 Å². The Bertz CT molecular complexity index is 1760. The topological polar surface area (TPSA) is 31.6 Å². The Morgan fingerprint density at radius 1 is 0.629 bits per heavy atom. The minimum absolute atomic E-state index is 0.399. The number of hydrogen-bond acceptors (Lipinski definition) is 4. The van der Waals surface area contributed by atoms with Crippen molar-refractivity contribution in [1.29, 1.82) is 0 Å². The van der Waals surface area contributed by atoms with Crippen molar-refractivity contribution in [3.8, 4) is 11.1 Å². The van der Waals surface area contributed by atoms with Crippen molar-refractivity contribution < 1.29 is 13.7 Å². The van der Waals surface area contributed by atoms with Gasteiger partial charge in [-0.1, -0.05) is 54.6 Å². The van der Waals surface area contributed by atoms with Crippen molar-refractivity contribution in [2.24, 2.45) is 0 Å². The van der Waals surface area contributed by atoms with Crippen molar-refractivity contribution in [1.82, 2.24) is 0 Å². The molecule has 1 aliphatic rings. The maximum atomic E-state index is 6.47. The monoisotopic (exact) mass is 476 g/mol. The lowest BCUT2D eigenvalue weighted by molar-refractivity contribution is 0.00578. The van der Waals surface area contributed by atoms with Crippen LogP contribution in [0.5, 0.6) is 0 Å². The molecule has 35 heavy (non-hydrogen) atoms. The summed E-state index contributed by atoms with van der Waals surface area (Å²) in [6.45, 7) is 8.30. The maximum absolute atomic E-state index is 6.47. The van der Waals surface area contributed by atoms with Gasteiger partial charge in [0.25, 0.3) is 0 Å². The van der Waals surface area contributed by atoms with Gasteiger partial charge < -0.3 is 13.7 Å². The Morgan fingerprint density at radius 3 is 2.09 bits per heavy atom.